The van der Waals surface area contributed by atoms with Gasteiger partial charge < -0.3 is 4.90 Å². The van der Waals surface area contributed by atoms with E-state index in [0.717, 1.165) is 5.56 Å². The molecule has 8 heteroatoms. The minimum atomic E-state index is -3.62. The summed E-state index contributed by atoms with van der Waals surface area (Å²) in [5.41, 5.74) is 0.832. The van der Waals surface area contributed by atoms with Crippen LogP contribution in [0.2, 0.25) is 10.0 Å². The fourth-order valence-corrected chi connectivity index (χ4v) is 4.73. The third-order valence-corrected chi connectivity index (χ3v) is 6.62. The Morgan fingerprint density at radius 3 is 2.19 bits per heavy atom. The number of nitrogens with zero attached hydrogens (tertiary/aromatic N) is 2. The van der Waals surface area contributed by atoms with E-state index in [0.29, 0.717) is 23.1 Å². The number of hydrogen-bond acceptors (Lipinski definition) is 3. The van der Waals surface area contributed by atoms with E-state index in [4.69, 9.17) is 23.2 Å². The van der Waals surface area contributed by atoms with Crippen LogP contribution >= 0.6 is 23.2 Å². The summed E-state index contributed by atoms with van der Waals surface area (Å²) < 4.78 is 26.8. The second-order valence-corrected chi connectivity index (χ2v) is 8.89. The van der Waals surface area contributed by atoms with Gasteiger partial charge in [0.15, 0.2) is 0 Å². The molecule has 27 heavy (non-hydrogen) atoms. The number of piperazine rings is 1. The molecule has 1 aliphatic heterocycles. The van der Waals surface area contributed by atoms with E-state index in [9.17, 15) is 13.2 Å². The van der Waals surface area contributed by atoms with Crippen molar-refractivity contribution in [1.29, 1.82) is 0 Å². The maximum absolute atomic E-state index is 12.7. The lowest BCUT2D eigenvalue weighted by atomic mass is 10.2. The smallest absolute Gasteiger partial charge is 0.246 e. The van der Waals surface area contributed by atoms with Gasteiger partial charge in [-0.2, -0.15) is 4.31 Å². The van der Waals surface area contributed by atoms with Gasteiger partial charge in [0, 0.05) is 42.3 Å². The van der Waals surface area contributed by atoms with Gasteiger partial charge in [0.25, 0.3) is 0 Å². The molecule has 1 aliphatic rings. The first kappa shape index (κ1) is 19.9. The zero-order valence-corrected chi connectivity index (χ0v) is 16.7. The quantitative estimate of drug-likeness (QED) is 0.705. The lowest BCUT2D eigenvalue weighted by molar-refractivity contribution is -0.127. The maximum atomic E-state index is 12.7. The van der Waals surface area contributed by atoms with Crippen LogP contribution in [-0.2, 0) is 14.8 Å². The van der Waals surface area contributed by atoms with Crippen molar-refractivity contribution < 1.29 is 13.2 Å². The first-order valence-corrected chi connectivity index (χ1v) is 10.5. The highest BCUT2D eigenvalue weighted by molar-refractivity contribution is 7.89. The molecule has 5 nitrogen and oxygen atoms in total. The predicted molar refractivity (Wildman–Crippen MR) is 107 cm³/mol. The molecule has 142 valence electrons. The van der Waals surface area contributed by atoms with Crippen LogP contribution in [0.1, 0.15) is 5.56 Å². The largest absolute Gasteiger partial charge is 0.337 e. The number of halogens is 2. The van der Waals surface area contributed by atoms with Gasteiger partial charge in [-0.3, -0.25) is 4.79 Å². The van der Waals surface area contributed by atoms with Crippen molar-refractivity contribution in [3.63, 3.8) is 0 Å². The topological polar surface area (TPSA) is 57.7 Å². The Morgan fingerprint density at radius 1 is 0.926 bits per heavy atom. The summed E-state index contributed by atoms with van der Waals surface area (Å²) in [7, 11) is -3.62. The lowest BCUT2D eigenvalue weighted by Crippen LogP contribution is -2.50. The summed E-state index contributed by atoms with van der Waals surface area (Å²) in [6.45, 7) is 1.15. The van der Waals surface area contributed by atoms with E-state index in [-0.39, 0.29) is 23.9 Å². The fraction of sp³-hybridized carbons (Fsp3) is 0.211. The molecule has 0 atom stereocenters. The number of rotatable bonds is 4. The van der Waals surface area contributed by atoms with Gasteiger partial charge in [0.05, 0.1) is 4.90 Å². The van der Waals surface area contributed by atoms with Gasteiger partial charge in [-0.05, 0) is 42.0 Å². The predicted octanol–water partition coefficient (Wildman–Crippen LogP) is 3.54. The molecular formula is C19H18Cl2N2O3S. The molecule has 1 heterocycles. The highest BCUT2D eigenvalue weighted by Crippen LogP contribution is 2.21. The van der Waals surface area contributed by atoms with Crippen molar-refractivity contribution >= 4 is 45.2 Å². The zero-order valence-electron chi connectivity index (χ0n) is 14.4. The van der Waals surface area contributed by atoms with Crippen LogP contribution in [0.5, 0.6) is 0 Å². The summed E-state index contributed by atoms with van der Waals surface area (Å²) >= 11 is 11.8. The highest BCUT2D eigenvalue weighted by Gasteiger charge is 2.29. The molecule has 2 aromatic rings. The van der Waals surface area contributed by atoms with E-state index in [1.807, 2.05) is 12.1 Å². The highest BCUT2D eigenvalue weighted by atomic mass is 35.5. The Bertz CT molecular complexity index is 968. The van der Waals surface area contributed by atoms with Crippen molar-refractivity contribution in [1.82, 2.24) is 9.21 Å². The van der Waals surface area contributed by atoms with Gasteiger partial charge in [-0.15, -0.1) is 0 Å². The molecular weight excluding hydrogens is 407 g/mol. The van der Waals surface area contributed by atoms with Gasteiger partial charge in [0.1, 0.15) is 0 Å². The first-order valence-electron chi connectivity index (χ1n) is 8.34. The summed E-state index contributed by atoms with van der Waals surface area (Å²) in [6.07, 6.45) is 3.18. The molecule has 3 rings (SSSR count). The standard InChI is InChI=1S/C19H18Cl2N2O3S/c20-16-4-1-3-15(13-16)7-8-19(24)22-9-11-23(12-10-22)27(25,26)18-6-2-5-17(21)14-18/h1-8,13-14H,9-12H2/b8-7+. The fourth-order valence-electron chi connectivity index (χ4n) is 2.81. The SMILES string of the molecule is O=C(/C=C/c1cccc(Cl)c1)N1CCN(S(=O)(=O)c2cccc(Cl)c2)CC1. The third kappa shape index (κ3) is 4.90. The minimum Gasteiger partial charge on any atom is -0.337 e. The Labute approximate surface area is 168 Å². The maximum Gasteiger partial charge on any atom is 0.246 e. The van der Waals surface area contributed by atoms with Crippen molar-refractivity contribution in [2.45, 2.75) is 4.90 Å². The van der Waals surface area contributed by atoms with Crippen molar-refractivity contribution in [3.05, 3.63) is 70.2 Å². The minimum absolute atomic E-state index is 0.158. The molecule has 0 N–H and O–H groups in total. The molecule has 0 saturated carbocycles. The zero-order chi connectivity index (χ0) is 19.4. The number of sulfonamides is 1. The lowest BCUT2D eigenvalue weighted by Gasteiger charge is -2.33. The Balaban J connectivity index is 1.62. The van der Waals surface area contributed by atoms with E-state index in [1.165, 1.54) is 22.5 Å². The molecule has 1 amide bonds. The van der Waals surface area contributed by atoms with E-state index < -0.39 is 10.0 Å². The average Bonchev–Trinajstić information content (AvgIpc) is 2.66. The summed E-state index contributed by atoms with van der Waals surface area (Å²) in [4.78, 5) is 14.1. The number of carbonyl (C=O) groups excluding carboxylic acids is 1. The molecule has 0 aromatic heterocycles. The van der Waals surface area contributed by atoms with Crippen LogP contribution in [0, 0.1) is 0 Å². The monoisotopic (exact) mass is 424 g/mol. The van der Waals surface area contributed by atoms with Crippen LogP contribution in [0.4, 0.5) is 0 Å². The van der Waals surface area contributed by atoms with Crippen LogP contribution in [-0.4, -0.2) is 49.7 Å². The molecule has 0 aliphatic carbocycles. The van der Waals surface area contributed by atoms with Crippen molar-refractivity contribution in [3.8, 4) is 0 Å². The number of benzene rings is 2. The van der Waals surface area contributed by atoms with Gasteiger partial charge in [-0.1, -0.05) is 41.4 Å². The van der Waals surface area contributed by atoms with E-state index in [1.54, 1.807) is 35.2 Å². The van der Waals surface area contributed by atoms with Crippen LogP contribution in [0.25, 0.3) is 6.08 Å². The molecule has 0 spiro atoms. The van der Waals surface area contributed by atoms with Crippen molar-refractivity contribution in [2.75, 3.05) is 26.2 Å². The third-order valence-electron chi connectivity index (χ3n) is 4.25. The second kappa shape index (κ2) is 8.44. The summed E-state index contributed by atoms with van der Waals surface area (Å²) in [5, 5.41) is 0.973. The number of amides is 1. The second-order valence-electron chi connectivity index (χ2n) is 6.08. The van der Waals surface area contributed by atoms with Gasteiger partial charge in [-0.25, -0.2) is 8.42 Å². The molecule has 1 fully saturated rings. The average molecular weight is 425 g/mol. The van der Waals surface area contributed by atoms with E-state index in [2.05, 4.69) is 0 Å². The summed E-state index contributed by atoms with van der Waals surface area (Å²) in [5.74, 6) is -0.158. The number of carbonyl (C=O) groups is 1. The molecule has 0 radical (unpaired) electrons. The van der Waals surface area contributed by atoms with Crippen molar-refractivity contribution in [2.24, 2.45) is 0 Å². The molecule has 2 aromatic carbocycles. The first-order chi connectivity index (χ1) is 12.9. The Hall–Kier alpha value is -1.86. The van der Waals surface area contributed by atoms with Gasteiger partial charge >= 0.3 is 0 Å². The van der Waals surface area contributed by atoms with Gasteiger partial charge in [0.2, 0.25) is 15.9 Å². The molecule has 0 bridgehead atoms. The summed E-state index contributed by atoms with van der Waals surface area (Å²) in [6, 6.07) is 13.4. The van der Waals surface area contributed by atoms with Crippen LogP contribution < -0.4 is 0 Å². The Kier molecular flexibility index (Phi) is 6.22. The molecule has 0 unspecified atom stereocenters. The molecule has 1 saturated heterocycles. The van der Waals surface area contributed by atoms with Crippen LogP contribution in [0.15, 0.2) is 59.5 Å². The normalized spacial score (nSPS) is 16.0. The Morgan fingerprint density at radius 2 is 1.56 bits per heavy atom. The van der Waals surface area contributed by atoms with Crippen LogP contribution in [0.3, 0.4) is 0 Å². The van der Waals surface area contributed by atoms with E-state index >= 15 is 0 Å². The number of hydrogen-bond donors (Lipinski definition) is 0.